The van der Waals surface area contributed by atoms with Crippen LogP contribution in [0.25, 0.3) is 0 Å². The van der Waals surface area contributed by atoms with Crippen molar-refractivity contribution in [3.8, 4) is 0 Å². The quantitative estimate of drug-likeness (QED) is 0.808. The number of aromatic carboxylic acids is 1. The van der Waals surface area contributed by atoms with Crippen molar-refractivity contribution in [1.82, 2.24) is 4.98 Å². The van der Waals surface area contributed by atoms with Gasteiger partial charge in [-0.05, 0) is 13.0 Å². The van der Waals surface area contributed by atoms with Crippen LogP contribution in [0.5, 0.6) is 0 Å². The molecular formula is C12H16N2O4. The fourth-order valence-corrected chi connectivity index (χ4v) is 2.17. The second-order valence-electron chi connectivity index (χ2n) is 4.35. The van der Waals surface area contributed by atoms with E-state index < -0.39 is 5.97 Å². The predicted octanol–water partition coefficient (Wildman–Crippen LogP) is 0.366. The Bertz CT molecular complexity index is 438. The van der Waals surface area contributed by atoms with Gasteiger partial charge in [0.1, 0.15) is 5.56 Å². The summed E-state index contributed by atoms with van der Waals surface area (Å²) in [5.74, 6) is -1.00. The predicted molar refractivity (Wildman–Crippen MR) is 64.8 cm³/mol. The molecule has 0 aliphatic carbocycles. The van der Waals surface area contributed by atoms with Crippen molar-refractivity contribution < 1.29 is 19.7 Å². The molecule has 1 aliphatic heterocycles. The average Bonchev–Trinajstić information content (AvgIpc) is 2.38. The Hall–Kier alpha value is -1.66. The van der Waals surface area contributed by atoms with E-state index in [9.17, 15) is 9.90 Å². The number of aliphatic hydroxyl groups excluding tert-OH is 1. The topological polar surface area (TPSA) is 82.9 Å². The summed E-state index contributed by atoms with van der Waals surface area (Å²) in [5, 5.41) is 18.3. The largest absolute Gasteiger partial charge is 0.478 e. The summed E-state index contributed by atoms with van der Waals surface area (Å²) in [7, 11) is 0. The lowest BCUT2D eigenvalue weighted by Gasteiger charge is -2.37. The van der Waals surface area contributed by atoms with Gasteiger partial charge in [0.15, 0.2) is 0 Å². The first-order chi connectivity index (χ1) is 8.61. The number of carboxylic acid groups (broad SMARTS) is 1. The van der Waals surface area contributed by atoms with Crippen LogP contribution in [0.4, 0.5) is 5.69 Å². The van der Waals surface area contributed by atoms with E-state index in [0.717, 1.165) is 0 Å². The second kappa shape index (κ2) is 5.32. The number of ether oxygens (including phenoxy) is 1. The minimum atomic E-state index is -1.00. The molecule has 0 bridgehead atoms. The van der Waals surface area contributed by atoms with Crippen molar-refractivity contribution >= 4 is 11.7 Å². The fourth-order valence-electron chi connectivity index (χ4n) is 2.17. The molecule has 0 radical (unpaired) electrons. The van der Waals surface area contributed by atoms with E-state index in [-0.39, 0.29) is 24.4 Å². The third-order valence-corrected chi connectivity index (χ3v) is 2.90. The van der Waals surface area contributed by atoms with E-state index in [4.69, 9.17) is 9.84 Å². The Morgan fingerprint density at radius 2 is 2.39 bits per heavy atom. The van der Waals surface area contributed by atoms with Crippen molar-refractivity contribution in [3.05, 3.63) is 24.0 Å². The van der Waals surface area contributed by atoms with E-state index in [1.54, 1.807) is 12.3 Å². The number of carboxylic acids is 1. The number of hydrogen-bond acceptors (Lipinski definition) is 5. The van der Waals surface area contributed by atoms with E-state index in [2.05, 4.69) is 4.98 Å². The molecule has 0 saturated carbocycles. The number of morpholine rings is 1. The summed E-state index contributed by atoms with van der Waals surface area (Å²) in [4.78, 5) is 16.9. The molecule has 0 amide bonds. The number of anilines is 1. The Labute approximate surface area is 105 Å². The van der Waals surface area contributed by atoms with E-state index in [1.807, 2.05) is 11.8 Å². The number of nitrogens with zero attached hydrogens (tertiary/aromatic N) is 2. The van der Waals surface area contributed by atoms with Crippen LogP contribution < -0.4 is 4.90 Å². The fraction of sp³-hybridized carbons (Fsp3) is 0.500. The molecule has 2 heterocycles. The number of pyridine rings is 1. The molecule has 2 rings (SSSR count). The van der Waals surface area contributed by atoms with Gasteiger partial charge >= 0.3 is 5.97 Å². The molecule has 0 aromatic carbocycles. The SMILES string of the molecule is CC1CN(c2ccncc2C(=O)O)CC(CO)O1. The first kappa shape index (κ1) is 12.8. The van der Waals surface area contributed by atoms with Crippen LogP contribution in [-0.2, 0) is 4.74 Å². The van der Waals surface area contributed by atoms with Gasteiger partial charge in [-0.3, -0.25) is 4.98 Å². The van der Waals surface area contributed by atoms with Crippen molar-refractivity contribution in [3.63, 3.8) is 0 Å². The van der Waals surface area contributed by atoms with Gasteiger partial charge in [-0.2, -0.15) is 0 Å². The standard InChI is InChI=1S/C12H16N2O4/c1-8-5-14(6-9(7-15)18-8)11-2-3-13-4-10(11)12(16)17/h2-4,8-9,15H,5-7H2,1H3,(H,16,17). The van der Waals surface area contributed by atoms with E-state index in [1.165, 1.54) is 6.20 Å². The lowest BCUT2D eigenvalue weighted by Crippen LogP contribution is -2.48. The maximum absolute atomic E-state index is 11.1. The number of carbonyl (C=O) groups is 1. The molecule has 1 aromatic rings. The van der Waals surface area contributed by atoms with Crippen LogP contribution in [0.2, 0.25) is 0 Å². The molecule has 6 nitrogen and oxygen atoms in total. The molecule has 6 heteroatoms. The summed E-state index contributed by atoms with van der Waals surface area (Å²) >= 11 is 0. The van der Waals surface area contributed by atoms with Crippen LogP contribution in [0.3, 0.4) is 0 Å². The summed E-state index contributed by atoms with van der Waals surface area (Å²) in [5.41, 5.74) is 0.786. The smallest absolute Gasteiger partial charge is 0.339 e. The van der Waals surface area contributed by atoms with Crippen molar-refractivity contribution in [2.75, 3.05) is 24.6 Å². The van der Waals surface area contributed by atoms with Gasteiger partial charge in [0.05, 0.1) is 24.5 Å². The summed E-state index contributed by atoms with van der Waals surface area (Å²) in [6.07, 6.45) is 2.57. The zero-order chi connectivity index (χ0) is 13.1. The lowest BCUT2D eigenvalue weighted by atomic mass is 10.1. The highest BCUT2D eigenvalue weighted by Crippen LogP contribution is 2.23. The van der Waals surface area contributed by atoms with Crippen LogP contribution in [0.15, 0.2) is 18.5 Å². The van der Waals surface area contributed by atoms with Gasteiger partial charge in [0.25, 0.3) is 0 Å². The highest BCUT2D eigenvalue weighted by Gasteiger charge is 2.27. The highest BCUT2D eigenvalue weighted by atomic mass is 16.5. The zero-order valence-corrected chi connectivity index (χ0v) is 10.1. The average molecular weight is 252 g/mol. The lowest BCUT2D eigenvalue weighted by molar-refractivity contribution is -0.0421. The second-order valence-corrected chi connectivity index (χ2v) is 4.35. The third-order valence-electron chi connectivity index (χ3n) is 2.90. The van der Waals surface area contributed by atoms with Crippen LogP contribution in [0.1, 0.15) is 17.3 Å². The molecule has 18 heavy (non-hydrogen) atoms. The number of aromatic nitrogens is 1. The van der Waals surface area contributed by atoms with Crippen LogP contribution in [0, 0.1) is 0 Å². The number of hydrogen-bond donors (Lipinski definition) is 2. The summed E-state index contributed by atoms with van der Waals surface area (Å²) < 4.78 is 5.53. The zero-order valence-electron chi connectivity index (χ0n) is 10.1. The maximum atomic E-state index is 11.1. The Morgan fingerprint density at radius 1 is 1.61 bits per heavy atom. The monoisotopic (exact) mass is 252 g/mol. The highest BCUT2D eigenvalue weighted by molar-refractivity contribution is 5.94. The van der Waals surface area contributed by atoms with Gasteiger partial charge < -0.3 is 19.8 Å². The molecule has 2 unspecified atom stereocenters. The number of aliphatic hydroxyl groups is 1. The Morgan fingerprint density at radius 3 is 3.06 bits per heavy atom. The molecule has 2 N–H and O–H groups in total. The van der Waals surface area contributed by atoms with Crippen molar-refractivity contribution in [1.29, 1.82) is 0 Å². The molecule has 1 aliphatic rings. The minimum Gasteiger partial charge on any atom is -0.478 e. The van der Waals surface area contributed by atoms with Gasteiger partial charge in [0.2, 0.25) is 0 Å². The summed E-state index contributed by atoms with van der Waals surface area (Å²) in [6.45, 7) is 2.90. The first-order valence-electron chi connectivity index (χ1n) is 5.80. The van der Waals surface area contributed by atoms with Gasteiger partial charge in [-0.15, -0.1) is 0 Å². The Kier molecular flexibility index (Phi) is 3.78. The van der Waals surface area contributed by atoms with Crippen LogP contribution in [-0.4, -0.2) is 53.1 Å². The molecular weight excluding hydrogens is 236 g/mol. The van der Waals surface area contributed by atoms with Crippen molar-refractivity contribution in [2.45, 2.75) is 19.1 Å². The Balaban J connectivity index is 2.27. The minimum absolute atomic E-state index is 0.0503. The first-order valence-corrected chi connectivity index (χ1v) is 5.80. The van der Waals surface area contributed by atoms with E-state index in [0.29, 0.717) is 18.8 Å². The van der Waals surface area contributed by atoms with Gasteiger partial charge in [0, 0.05) is 25.5 Å². The maximum Gasteiger partial charge on any atom is 0.339 e. The molecule has 98 valence electrons. The third kappa shape index (κ3) is 2.60. The number of rotatable bonds is 3. The molecule has 1 saturated heterocycles. The molecule has 2 atom stereocenters. The van der Waals surface area contributed by atoms with Gasteiger partial charge in [-0.25, -0.2) is 4.79 Å². The summed E-state index contributed by atoms with van der Waals surface area (Å²) in [6, 6.07) is 1.68. The normalized spacial score (nSPS) is 24.0. The molecule has 0 spiro atoms. The van der Waals surface area contributed by atoms with Crippen LogP contribution >= 0.6 is 0 Å². The molecule has 1 aromatic heterocycles. The van der Waals surface area contributed by atoms with Crippen molar-refractivity contribution in [2.24, 2.45) is 0 Å². The molecule has 1 fully saturated rings. The van der Waals surface area contributed by atoms with Gasteiger partial charge in [-0.1, -0.05) is 0 Å². The van der Waals surface area contributed by atoms with E-state index >= 15 is 0 Å².